The van der Waals surface area contributed by atoms with Crippen LogP contribution in [-0.2, 0) is 0 Å². The first kappa shape index (κ1) is 17.6. The van der Waals surface area contributed by atoms with E-state index in [0.29, 0.717) is 23.9 Å². The molecule has 2 aliphatic heterocycles. The fraction of sp³-hybridized carbons (Fsp3) is 0.579. The molecule has 0 radical (unpaired) electrons. The Hall–Kier alpha value is -2.26. The molecule has 25 heavy (non-hydrogen) atoms. The van der Waals surface area contributed by atoms with Crippen molar-refractivity contribution >= 4 is 11.7 Å². The Morgan fingerprint density at radius 3 is 2.48 bits per heavy atom. The Morgan fingerprint density at radius 2 is 1.88 bits per heavy atom. The third-order valence-electron chi connectivity index (χ3n) is 5.17. The molecule has 0 spiro atoms. The van der Waals surface area contributed by atoms with Crippen molar-refractivity contribution in [2.24, 2.45) is 11.8 Å². The van der Waals surface area contributed by atoms with Crippen LogP contribution in [0, 0.1) is 23.2 Å². The first-order valence-corrected chi connectivity index (χ1v) is 9.18. The summed E-state index contributed by atoms with van der Waals surface area (Å²) in [4.78, 5) is 16.4. The van der Waals surface area contributed by atoms with Crippen LogP contribution in [0.2, 0.25) is 0 Å². The van der Waals surface area contributed by atoms with Crippen LogP contribution in [0.4, 0.5) is 10.5 Å². The van der Waals surface area contributed by atoms with Crippen molar-refractivity contribution < 1.29 is 4.79 Å². The minimum Gasteiger partial charge on any atom is -0.385 e. The molecule has 6 heteroatoms. The minimum atomic E-state index is 0.0927. The van der Waals surface area contributed by atoms with Crippen LogP contribution in [0.1, 0.15) is 18.9 Å². The van der Waals surface area contributed by atoms with Gasteiger partial charge in [-0.25, -0.2) is 4.79 Å². The van der Waals surface area contributed by atoms with Crippen molar-refractivity contribution in [2.75, 3.05) is 51.1 Å². The number of benzene rings is 1. The number of urea groups is 1. The molecule has 2 saturated heterocycles. The molecule has 2 aliphatic rings. The number of hydrogen-bond donors (Lipinski definition) is 2. The van der Waals surface area contributed by atoms with Crippen LogP contribution in [0.25, 0.3) is 0 Å². The Bertz CT molecular complexity index is 610. The minimum absolute atomic E-state index is 0.0927. The van der Waals surface area contributed by atoms with E-state index >= 15 is 0 Å². The van der Waals surface area contributed by atoms with Crippen LogP contribution >= 0.6 is 0 Å². The van der Waals surface area contributed by atoms with Crippen molar-refractivity contribution in [3.8, 4) is 6.07 Å². The molecule has 0 bridgehead atoms. The largest absolute Gasteiger partial charge is 0.385 e. The predicted octanol–water partition coefficient (Wildman–Crippen LogP) is 1.95. The zero-order valence-electron chi connectivity index (χ0n) is 14.9. The molecule has 2 unspecified atom stereocenters. The molecule has 2 amide bonds. The molecular weight excluding hydrogens is 314 g/mol. The lowest BCUT2D eigenvalue weighted by Crippen LogP contribution is -2.40. The molecule has 1 aromatic carbocycles. The van der Waals surface area contributed by atoms with Crippen LogP contribution in [-0.4, -0.2) is 61.6 Å². The van der Waals surface area contributed by atoms with Crippen LogP contribution < -0.4 is 10.6 Å². The molecule has 2 N–H and O–H groups in total. The van der Waals surface area contributed by atoms with E-state index in [9.17, 15) is 4.79 Å². The summed E-state index contributed by atoms with van der Waals surface area (Å²) in [5.74, 6) is 1.27. The topological polar surface area (TPSA) is 71.4 Å². The second-order valence-corrected chi connectivity index (χ2v) is 6.99. The van der Waals surface area contributed by atoms with Crippen LogP contribution in [0.15, 0.2) is 24.3 Å². The van der Waals surface area contributed by atoms with E-state index in [1.54, 1.807) is 0 Å². The lowest BCUT2D eigenvalue weighted by atomic mass is 10.0. The summed E-state index contributed by atoms with van der Waals surface area (Å²) in [5, 5.41) is 15.1. The summed E-state index contributed by atoms with van der Waals surface area (Å²) in [6.45, 7) is 8.70. The predicted molar refractivity (Wildman–Crippen MR) is 98.3 cm³/mol. The summed E-state index contributed by atoms with van der Waals surface area (Å²) in [5.41, 5.74) is 1.76. The van der Waals surface area contributed by atoms with Gasteiger partial charge in [-0.1, -0.05) is 0 Å². The van der Waals surface area contributed by atoms with E-state index < -0.39 is 0 Å². The van der Waals surface area contributed by atoms with Gasteiger partial charge in [0.15, 0.2) is 0 Å². The third-order valence-corrected chi connectivity index (χ3v) is 5.17. The lowest BCUT2D eigenvalue weighted by Gasteiger charge is -2.21. The Balaban J connectivity index is 1.34. The first-order chi connectivity index (χ1) is 12.2. The number of rotatable bonds is 6. The normalized spacial score (nSPS) is 22.5. The summed E-state index contributed by atoms with van der Waals surface area (Å²) in [6, 6.07) is 9.81. The second-order valence-electron chi connectivity index (χ2n) is 6.99. The van der Waals surface area contributed by atoms with Crippen LogP contribution in [0.5, 0.6) is 0 Å². The molecule has 0 aromatic heterocycles. The van der Waals surface area contributed by atoms with Gasteiger partial charge < -0.3 is 20.4 Å². The van der Waals surface area contributed by atoms with Gasteiger partial charge in [0.1, 0.15) is 0 Å². The van der Waals surface area contributed by atoms with Gasteiger partial charge in [0, 0.05) is 45.0 Å². The van der Waals surface area contributed by atoms with E-state index in [0.717, 1.165) is 51.4 Å². The molecule has 2 fully saturated rings. The molecule has 6 nitrogen and oxygen atoms in total. The molecule has 0 saturated carbocycles. The number of carbonyl (C=O) groups excluding carboxylic acids is 1. The number of nitrogens with one attached hydrogen (secondary N) is 2. The van der Waals surface area contributed by atoms with Crippen molar-refractivity contribution in [3.63, 3.8) is 0 Å². The monoisotopic (exact) mass is 341 g/mol. The molecule has 134 valence electrons. The standard InChI is InChI=1S/C19H27N5O/c1-2-21-19(25)24-13-16-11-23(12-17(16)14-24)9-3-8-22-18-6-4-15(10-20)5-7-18/h4-7,16-17,22H,2-3,8-9,11-14H2,1H3,(H,21,25). The molecular formula is C19H27N5O. The maximum atomic E-state index is 11.9. The van der Waals surface area contributed by atoms with Crippen LogP contribution in [0.3, 0.4) is 0 Å². The summed E-state index contributed by atoms with van der Waals surface area (Å²) in [6.07, 6.45) is 1.10. The molecule has 3 rings (SSSR count). The van der Waals surface area contributed by atoms with Gasteiger partial charge in [-0.2, -0.15) is 5.26 Å². The smallest absolute Gasteiger partial charge is 0.317 e. The zero-order chi connectivity index (χ0) is 17.6. The number of fused-ring (bicyclic) bond motifs is 1. The maximum Gasteiger partial charge on any atom is 0.317 e. The first-order valence-electron chi connectivity index (χ1n) is 9.18. The van der Waals surface area contributed by atoms with Crippen molar-refractivity contribution in [1.29, 1.82) is 5.26 Å². The van der Waals surface area contributed by atoms with E-state index in [4.69, 9.17) is 5.26 Å². The Kier molecular flexibility index (Phi) is 5.77. The maximum absolute atomic E-state index is 11.9. The van der Waals surface area contributed by atoms with Gasteiger partial charge in [0.2, 0.25) is 0 Å². The van der Waals surface area contributed by atoms with Crippen molar-refractivity contribution in [3.05, 3.63) is 29.8 Å². The Morgan fingerprint density at radius 1 is 1.20 bits per heavy atom. The zero-order valence-corrected chi connectivity index (χ0v) is 14.9. The number of nitrogens with zero attached hydrogens (tertiary/aromatic N) is 3. The average molecular weight is 341 g/mol. The fourth-order valence-electron chi connectivity index (χ4n) is 3.90. The highest BCUT2D eigenvalue weighted by Gasteiger charge is 2.41. The number of nitriles is 1. The van der Waals surface area contributed by atoms with Gasteiger partial charge >= 0.3 is 6.03 Å². The van der Waals surface area contributed by atoms with Gasteiger partial charge in [-0.05, 0) is 56.0 Å². The summed E-state index contributed by atoms with van der Waals surface area (Å²) in [7, 11) is 0. The number of hydrogen-bond acceptors (Lipinski definition) is 4. The second kappa shape index (κ2) is 8.21. The number of carbonyl (C=O) groups is 1. The van der Waals surface area contributed by atoms with E-state index in [1.807, 2.05) is 36.1 Å². The number of amides is 2. The highest BCUT2D eigenvalue weighted by atomic mass is 16.2. The lowest BCUT2D eigenvalue weighted by molar-refractivity contribution is 0.200. The van der Waals surface area contributed by atoms with E-state index in [1.165, 1.54) is 0 Å². The van der Waals surface area contributed by atoms with Gasteiger partial charge in [-0.15, -0.1) is 0 Å². The molecule has 0 aliphatic carbocycles. The number of likely N-dealkylation sites (tertiary alicyclic amines) is 2. The Labute approximate surface area is 149 Å². The third kappa shape index (κ3) is 4.43. The quantitative estimate of drug-likeness (QED) is 0.776. The van der Waals surface area contributed by atoms with E-state index in [2.05, 4.69) is 21.6 Å². The highest BCUT2D eigenvalue weighted by molar-refractivity contribution is 5.74. The molecule has 2 atom stereocenters. The molecule has 1 aromatic rings. The van der Waals surface area contributed by atoms with E-state index in [-0.39, 0.29) is 6.03 Å². The van der Waals surface area contributed by atoms with Crippen molar-refractivity contribution in [1.82, 2.24) is 15.1 Å². The number of anilines is 1. The molecule has 2 heterocycles. The fourth-order valence-corrected chi connectivity index (χ4v) is 3.90. The average Bonchev–Trinajstić information content (AvgIpc) is 3.18. The summed E-state index contributed by atoms with van der Waals surface area (Å²) >= 11 is 0. The highest BCUT2D eigenvalue weighted by Crippen LogP contribution is 2.31. The van der Waals surface area contributed by atoms with Crippen molar-refractivity contribution in [2.45, 2.75) is 13.3 Å². The summed E-state index contributed by atoms with van der Waals surface area (Å²) < 4.78 is 0. The SMILES string of the molecule is CCNC(=O)N1CC2CN(CCCNc3ccc(C#N)cc3)CC2C1. The van der Waals surface area contributed by atoms with Gasteiger partial charge in [0.25, 0.3) is 0 Å². The van der Waals surface area contributed by atoms with Gasteiger partial charge in [0.05, 0.1) is 11.6 Å². The van der Waals surface area contributed by atoms with Gasteiger partial charge in [-0.3, -0.25) is 0 Å².